The first-order valence-electron chi connectivity index (χ1n) is 9.65. The smallest absolute Gasteiger partial charge is 0.260 e. The summed E-state index contributed by atoms with van der Waals surface area (Å²) in [6.07, 6.45) is 4.34. The minimum Gasteiger partial charge on any atom is -0.506 e. The van der Waals surface area contributed by atoms with E-state index in [9.17, 15) is 14.7 Å². The first-order valence-corrected chi connectivity index (χ1v) is 9.65. The van der Waals surface area contributed by atoms with Crippen molar-refractivity contribution in [2.24, 2.45) is 0 Å². The zero-order valence-corrected chi connectivity index (χ0v) is 16.1. The molecule has 0 bridgehead atoms. The number of benzene rings is 2. The van der Waals surface area contributed by atoms with Crippen molar-refractivity contribution < 1.29 is 19.4 Å². The topological polar surface area (TPSA) is 78.9 Å². The van der Waals surface area contributed by atoms with E-state index in [0.717, 1.165) is 44.3 Å². The maximum absolute atomic E-state index is 12.7. The van der Waals surface area contributed by atoms with Gasteiger partial charge in [0, 0.05) is 13.1 Å². The molecule has 1 aliphatic rings. The standard InChI is InChI=1S/C22H26N2O4/c1-16-10-11-18(19(25)14-16)23-22(27)17-8-4-5-9-20(17)28-15-21(26)24-12-6-2-3-7-13-24/h4-5,8-11,14,25H,2-3,6-7,12-13,15H2,1H3,(H,23,27). The van der Waals surface area contributed by atoms with Crippen LogP contribution in [0.3, 0.4) is 0 Å². The second-order valence-electron chi connectivity index (χ2n) is 7.05. The zero-order chi connectivity index (χ0) is 19.9. The number of phenols is 1. The number of hydrogen-bond acceptors (Lipinski definition) is 4. The number of nitrogens with one attached hydrogen (secondary N) is 1. The summed E-state index contributed by atoms with van der Waals surface area (Å²) in [6, 6.07) is 11.8. The molecule has 0 atom stereocenters. The molecule has 1 fully saturated rings. The SMILES string of the molecule is Cc1ccc(NC(=O)c2ccccc2OCC(=O)N2CCCCCC2)c(O)c1. The van der Waals surface area contributed by atoms with Crippen LogP contribution in [0.15, 0.2) is 42.5 Å². The fourth-order valence-electron chi connectivity index (χ4n) is 3.27. The van der Waals surface area contributed by atoms with Crippen molar-refractivity contribution >= 4 is 17.5 Å². The highest BCUT2D eigenvalue weighted by atomic mass is 16.5. The normalized spacial score (nSPS) is 14.2. The Morgan fingerprint density at radius 3 is 2.50 bits per heavy atom. The summed E-state index contributed by atoms with van der Waals surface area (Å²) in [5.41, 5.74) is 1.53. The van der Waals surface area contributed by atoms with E-state index in [1.54, 1.807) is 42.5 Å². The van der Waals surface area contributed by atoms with Crippen molar-refractivity contribution in [3.8, 4) is 11.5 Å². The van der Waals surface area contributed by atoms with Gasteiger partial charge in [-0.1, -0.05) is 31.0 Å². The van der Waals surface area contributed by atoms with Gasteiger partial charge in [0.25, 0.3) is 11.8 Å². The molecular weight excluding hydrogens is 356 g/mol. The molecule has 6 nitrogen and oxygen atoms in total. The van der Waals surface area contributed by atoms with Crippen molar-refractivity contribution in [3.05, 3.63) is 53.6 Å². The molecule has 28 heavy (non-hydrogen) atoms. The molecule has 1 heterocycles. The number of amides is 2. The molecule has 0 unspecified atom stereocenters. The van der Waals surface area contributed by atoms with Gasteiger partial charge >= 0.3 is 0 Å². The van der Waals surface area contributed by atoms with Crippen LogP contribution in [0.5, 0.6) is 11.5 Å². The quantitative estimate of drug-likeness (QED) is 0.772. The summed E-state index contributed by atoms with van der Waals surface area (Å²) in [7, 11) is 0. The third-order valence-electron chi connectivity index (χ3n) is 4.84. The third-order valence-corrected chi connectivity index (χ3v) is 4.84. The number of phenolic OH excluding ortho intramolecular Hbond substituents is 1. The molecule has 2 amide bonds. The second-order valence-corrected chi connectivity index (χ2v) is 7.05. The zero-order valence-electron chi connectivity index (χ0n) is 16.1. The highest BCUT2D eigenvalue weighted by Gasteiger charge is 2.18. The predicted molar refractivity (Wildman–Crippen MR) is 108 cm³/mol. The Hall–Kier alpha value is -3.02. The molecule has 1 saturated heterocycles. The van der Waals surface area contributed by atoms with E-state index in [0.29, 0.717) is 17.0 Å². The monoisotopic (exact) mass is 382 g/mol. The van der Waals surface area contributed by atoms with Crippen LogP contribution in [0.4, 0.5) is 5.69 Å². The summed E-state index contributed by atoms with van der Waals surface area (Å²) in [5, 5.41) is 12.7. The number of likely N-dealkylation sites (tertiary alicyclic amines) is 1. The molecule has 6 heteroatoms. The van der Waals surface area contributed by atoms with Crippen LogP contribution >= 0.6 is 0 Å². The van der Waals surface area contributed by atoms with E-state index in [1.165, 1.54) is 0 Å². The number of rotatable bonds is 5. The number of carbonyl (C=O) groups excluding carboxylic acids is 2. The van der Waals surface area contributed by atoms with Crippen LogP contribution in [0, 0.1) is 6.92 Å². The van der Waals surface area contributed by atoms with Crippen molar-refractivity contribution in [1.29, 1.82) is 0 Å². The molecule has 3 rings (SSSR count). The maximum atomic E-state index is 12.7. The molecule has 148 valence electrons. The van der Waals surface area contributed by atoms with Gasteiger partial charge in [0.1, 0.15) is 11.5 Å². The highest BCUT2D eigenvalue weighted by Crippen LogP contribution is 2.26. The van der Waals surface area contributed by atoms with Crippen LogP contribution in [0.1, 0.15) is 41.6 Å². The molecule has 2 aromatic rings. The molecule has 2 aromatic carbocycles. The summed E-state index contributed by atoms with van der Waals surface area (Å²) < 4.78 is 5.69. The third kappa shape index (κ3) is 5.03. The van der Waals surface area contributed by atoms with Crippen molar-refractivity contribution in [1.82, 2.24) is 4.90 Å². The summed E-state index contributed by atoms with van der Waals surface area (Å²) in [4.78, 5) is 26.9. The van der Waals surface area contributed by atoms with Gasteiger partial charge in [-0.3, -0.25) is 9.59 Å². The Morgan fingerprint density at radius 2 is 1.79 bits per heavy atom. The second kappa shape index (κ2) is 9.26. The summed E-state index contributed by atoms with van der Waals surface area (Å²) in [5.74, 6) is -0.122. The Morgan fingerprint density at radius 1 is 1.07 bits per heavy atom. The average molecular weight is 382 g/mol. The summed E-state index contributed by atoms with van der Waals surface area (Å²) in [6.45, 7) is 3.28. The molecular formula is C22H26N2O4. The van der Waals surface area contributed by atoms with E-state index in [4.69, 9.17) is 4.74 Å². The van der Waals surface area contributed by atoms with Gasteiger partial charge < -0.3 is 20.1 Å². The van der Waals surface area contributed by atoms with Gasteiger partial charge in [0.05, 0.1) is 11.3 Å². The Balaban J connectivity index is 1.66. The van der Waals surface area contributed by atoms with Crippen LogP contribution in [-0.2, 0) is 4.79 Å². The lowest BCUT2D eigenvalue weighted by molar-refractivity contribution is -0.133. The predicted octanol–water partition coefficient (Wildman–Crippen LogP) is 3.73. The minimum atomic E-state index is -0.406. The number of nitrogens with zero attached hydrogens (tertiary/aromatic N) is 1. The average Bonchev–Trinajstić information content (AvgIpc) is 2.98. The molecule has 1 aliphatic heterocycles. The Labute approximate surface area is 165 Å². The van der Waals surface area contributed by atoms with E-state index in [2.05, 4.69) is 5.32 Å². The minimum absolute atomic E-state index is 0.00286. The highest BCUT2D eigenvalue weighted by molar-refractivity contribution is 6.06. The van der Waals surface area contributed by atoms with Crippen LogP contribution in [0.2, 0.25) is 0 Å². The largest absolute Gasteiger partial charge is 0.506 e. The first-order chi connectivity index (χ1) is 13.5. The number of para-hydroxylation sites is 1. The lowest BCUT2D eigenvalue weighted by Gasteiger charge is -2.20. The molecule has 0 aromatic heterocycles. The number of carbonyl (C=O) groups is 2. The van der Waals surface area contributed by atoms with Crippen LogP contribution in [-0.4, -0.2) is 41.5 Å². The molecule has 2 N–H and O–H groups in total. The van der Waals surface area contributed by atoms with Crippen LogP contribution in [0.25, 0.3) is 0 Å². The lowest BCUT2D eigenvalue weighted by atomic mass is 10.1. The first kappa shape index (κ1) is 19.7. The van der Waals surface area contributed by atoms with Gasteiger partial charge in [-0.25, -0.2) is 0 Å². The van der Waals surface area contributed by atoms with Gasteiger partial charge in [-0.2, -0.15) is 0 Å². The number of anilines is 1. The van der Waals surface area contributed by atoms with E-state index < -0.39 is 5.91 Å². The molecule has 0 radical (unpaired) electrons. The number of ether oxygens (including phenoxy) is 1. The van der Waals surface area contributed by atoms with Crippen LogP contribution < -0.4 is 10.1 Å². The van der Waals surface area contributed by atoms with Gasteiger partial charge in [-0.15, -0.1) is 0 Å². The van der Waals surface area contributed by atoms with Gasteiger partial charge in [-0.05, 0) is 49.6 Å². The van der Waals surface area contributed by atoms with Gasteiger partial charge in [0.2, 0.25) is 0 Å². The fraction of sp³-hybridized carbons (Fsp3) is 0.364. The summed E-state index contributed by atoms with van der Waals surface area (Å²) >= 11 is 0. The maximum Gasteiger partial charge on any atom is 0.260 e. The van der Waals surface area contributed by atoms with Crippen molar-refractivity contribution in [2.45, 2.75) is 32.6 Å². The Bertz CT molecular complexity index is 842. The molecule has 0 saturated carbocycles. The fourth-order valence-corrected chi connectivity index (χ4v) is 3.27. The van der Waals surface area contributed by atoms with Gasteiger partial charge in [0.15, 0.2) is 6.61 Å². The lowest BCUT2D eigenvalue weighted by Crippen LogP contribution is -2.35. The number of hydrogen-bond donors (Lipinski definition) is 2. The number of aromatic hydroxyl groups is 1. The molecule has 0 aliphatic carbocycles. The Kier molecular flexibility index (Phi) is 6.53. The van der Waals surface area contributed by atoms with Crippen molar-refractivity contribution in [3.63, 3.8) is 0 Å². The molecule has 0 spiro atoms. The number of aryl methyl sites for hydroxylation is 1. The van der Waals surface area contributed by atoms with E-state index >= 15 is 0 Å². The van der Waals surface area contributed by atoms with Crippen molar-refractivity contribution in [2.75, 3.05) is 25.0 Å². The van der Waals surface area contributed by atoms with E-state index in [-0.39, 0.29) is 18.3 Å². The van der Waals surface area contributed by atoms with E-state index in [1.807, 2.05) is 11.8 Å².